The molecule has 1 aliphatic heterocycles. The Morgan fingerprint density at radius 3 is 2.75 bits per heavy atom. The number of phenolic OH excluding ortho intramolecular Hbond substituents is 1. The number of alkyl halides is 3. The normalized spacial score (nSPS) is 22.8. The van der Waals surface area contributed by atoms with Crippen LogP contribution < -0.4 is 0 Å². The van der Waals surface area contributed by atoms with Gasteiger partial charge in [-0.1, -0.05) is 15.9 Å². The molecule has 20 heavy (non-hydrogen) atoms. The number of halogens is 4. The van der Waals surface area contributed by atoms with E-state index in [1.165, 1.54) is 0 Å². The van der Waals surface area contributed by atoms with Crippen LogP contribution in [-0.4, -0.2) is 29.3 Å². The Labute approximate surface area is 124 Å². The van der Waals surface area contributed by atoms with E-state index in [0.29, 0.717) is 18.5 Å². The minimum Gasteiger partial charge on any atom is -0.508 e. The van der Waals surface area contributed by atoms with E-state index in [9.17, 15) is 18.3 Å². The number of nitrogens with zero attached hydrogens (tertiary/aromatic N) is 1. The molecule has 0 aliphatic carbocycles. The molecule has 1 aromatic rings. The third-order valence-electron chi connectivity index (χ3n) is 3.90. The minimum atomic E-state index is -4.14. The molecular weight excluding hydrogens is 335 g/mol. The molecule has 0 saturated carbocycles. The Morgan fingerprint density at radius 1 is 1.40 bits per heavy atom. The molecule has 1 saturated heterocycles. The first kappa shape index (κ1) is 15.6. The van der Waals surface area contributed by atoms with Crippen molar-refractivity contribution in [1.82, 2.24) is 4.90 Å². The van der Waals surface area contributed by atoms with Gasteiger partial charge in [0, 0.05) is 22.6 Å². The smallest absolute Gasteiger partial charge is 0.393 e. The van der Waals surface area contributed by atoms with Gasteiger partial charge in [-0.25, -0.2) is 0 Å². The van der Waals surface area contributed by atoms with Crippen LogP contribution >= 0.6 is 15.9 Å². The fourth-order valence-corrected chi connectivity index (χ4v) is 3.06. The lowest BCUT2D eigenvalue weighted by Gasteiger charge is -2.37. The van der Waals surface area contributed by atoms with Gasteiger partial charge in [-0.05, 0) is 44.5 Å². The summed E-state index contributed by atoms with van der Waals surface area (Å²) in [6, 6.07) is 4.79. The topological polar surface area (TPSA) is 23.5 Å². The fourth-order valence-electron chi connectivity index (χ4n) is 2.68. The van der Waals surface area contributed by atoms with Crippen molar-refractivity contribution in [2.24, 2.45) is 5.92 Å². The molecule has 1 aromatic carbocycles. The van der Waals surface area contributed by atoms with Crippen LogP contribution in [0, 0.1) is 5.92 Å². The van der Waals surface area contributed by atoms with Gasteiger partial charge in [0.2, 0.25) is 0 Å². The molecule has 112 valence electrons. The van der Waals surface area contributed by atoms with Crippen molar-refractivity contribution in [1.29, 1.82) is 0 Å². The quantitative estimate of drug-likeness (QED) is 0.848. The molecule has 1 N–H and O–H groups in total. The molecule has 0 aromatic heterocycles. The summed E-state index contributed by atoms with van der Waals surface area (Å²) in [6.07, 6.45) is -3.42. The van der Waals surface area contributed by atoms with Crippen LogP contribution in [0.4, 0.5) is 13.2 Å². The predicted molar refractivity (Wildman–Crippen MR) is 74.6 cm³/mol. The summed E-state index contributed by atoms with van der Waals surface area (Å²) in [5.41, 5.74) is 0.655. The summed E-state index contributed by atoms with van der Waals surface area (Å²) < 4.78 is 39.3. The summed E-state index contributed by atoms with van der Waals surface area (Å²) >= 11 is 3.32. The van der Waals surface area contributed by atoms with Crippen molar-refractivity contribution >= 4 is 15.9 Å². The second kappa shape index (κ2) is 5.93. The predicted octanol–water partition coefficient (Wildman–Crippen LogP) is 4.49. The Kier molecular flexibility index (Phi) is 4.64. The number of hydrogen-bond acceptors (Lipinski definition) is 2. The average molecular weight is 352 g/mol. The first-order valence-electron chi connectivity index (χ1n) is 6.58. The number of likely N-dealkylation sites (tertiary alicyclic amines) is 1. The summed E-state index contributed by atoms with van der Waals surface area (Å²) in [5.74, 6) is -1.15. The Balaban J connectivity index is 2.16. The van der Waals surface area contributed by atoms with Crippen LogP contribution in [0.25, 0.3) is 0 Å². The second-order valence-corrected chi connectivity index (χ2v) is 6.17. The molecule has 2 unspecified atom stereocenters. The lowest BCUT2D eigenvalue weighted by atomic mass is 9.94. The van der Waals surface area contributed by atoms with E-state index in [4.69, 9.17) is 0 Å². The summed E-state index contributed by atoms with van der Waals surface area (Å²) in [5, 5.41) is 9.89. The van der Waals surface area contributed by atoms with Crippen LogP contribution in [0.1, 0.15) is 31.4 Å². The standard InChI is InChI=1S/C14H17BrF3NO/c1-9(12-7-11(15)4-5-13(12)20)19-6-2-3-10(8-19)14(16,17)18/h4-5,7,9-10,20H,2-3,6,8H2,1H3. The maximum absolute atomic E-state index is 12.8. The molecule has 1 fully saturated rings. The SMILES string of the molecule is CC(c1cc(Br)ccc1O)N1CCCC(C(F)(F)F)C1. The van der Waals surface area contributed by atoms with Gasteiger partial charge >= 0.3 is 6.18 Å². The average Bonchev–Trinajstić information content (AvgIpc) is 2.40. The van der Waals surface area contributed by atoms with Crippen LogP contribution in [0.5, 0.6) is 5.75 Å². The van der Waals surface area contributed by atoms with E-state index in [1.807, 2.05) is 6.92 Å². The van der Waals surface area contributed by atoms with Gasteiger partial charge in [0.05, 0.1) is 5.92 Å². The lowest BCUT2D eigenvalue weighted by molar-refractivity contribution is -0.188. The van der Waals surface area contributed by atoms with Gasteiger partial charge < -0.3 is 5.11 Å². The van der Waals surface area contributed by atoms with E-state index in [-0.39, 0.29) is 24.8 Å². The molecule has 0 spiro atoms. The van der Waals surface area contributed by atoms with Crippen molar-refractivity contribution in [3.8, 4) is 5.75 Å². The summed E-state index contributed by atoms with van der Waals surface area (Å²) in [7, 11) is 0. The molecule has 1 heterocycles. The number of rotatable bonds is 2. The van der Waals surface area contributed by atoms with Crippen molar-refractivity contribution < 1.29 is 18.3 Å². The zero-order valence-electron chi connectivity index (χ0n) is 11.1. The first-order valence-corrected chi connectivity index (χ1v) is 7.37. The van der Waals surface area contributed by atoms with Crippen molar-refractivity contribution in [3.05, 3.63) is 28.2 Å². The molecule has 0 amide bonds. The van der Waals surface area contributed by atoms with Gasteiger partial charge in [0.25, 0.3) is 0 Å². The summed E-state index contributed by atoms with van der Waals surface area (Å²) in [6.45, 7) is 2.45. The van der Waals surface area contributed by atoms with Crippen LogP contribution in [0.3, 0.4) is 0 Å². The molecule has 2 atom stereocenters. The van der Waals surface area contributed by atoms with Gasteiger partial charge in [-0.2, -0.15) is 13.2 Å². The first-order chi connectivity index (χ1) is 9.29. The third-order valence-corrected chi connectivity index (χ3v) is 4.40. The van der Waals surface area contributed by atoms with E-state index >= 15 is 0 Å². The van der Waals surface area contributed by atoms with Crippen molar-refractivity contribution in [2.75, 3.05) is 13.1 Å². The van der Waals surface area contributed by atoms with Crippen molar-refractivity contribution in [3.63, 3.8) is 0 Å². The van der Waals surface area contributed by atoms with Crippen LogP contribution in [0.2, 0.25) is 0 Å². The van der Waals surface area contributed by atoms with E-state index in [2.05, 4.69) is 15.9 Å². The highest BCUT2D eigenvalue weighted by molar-refractivity contribution is 9.10. The highest BCUT2D eigenvalue weighted by atomic mass is 79.9. The number of piperidine rings is 1. The van der Waals surface area contributed by atoms with Crippen LogP contribution in [0.15, 0.2) is 22.7 Å². The monoisotopic (exact) mass is 351 g/mol. The molecule has 2 rings (SSSR count). The maximum atomic E-state index is 12.8. The van der Waals surface area contributed by atoms with Gasteiger partial charge in [-0.3, -0.25) is 4.90 Å². The largest absolute Gasteiger partial charge is 0.508 e. The zero-order chi connectivity index (χ0) is 14.9. The van der Waals surface area contributed by atoms with E-state index < -0.39 is 12.1 Å². The Morgan fingerprint density at radius 2 is 2.10 bits per heavy atom. The molecule has 0 bridgehead atoms. The van der Waals surface area contributed by atoms with Crippen molar-refractivity contribution in [2.45, 2.75) is 32.0 Å². The zero-order valence-corrected chi connectivity index (χ0v) is 12.7. The van der Waals surface area contributed by atoms with Crippen LogP contribution in [-0.2, 0) is 0 Å². The minimum absolute atomic E-state index is 0.00335. The number of benzene rings is 1. The number of phenols is 1. The maximum Gasteiger partial charge on any atom is 0.393 e. The molecule has 2 nitrogen and oxygen atoms in total. The lowest BCUT2D eigenvalue weighted by Crippen LogP contribution is -2.42. The molecule has 1 aliphatic rings. The summed E-state index contributed by atoms with van der Waals surface area (Å²) in [4.78, 5) is 1.79. The Bertz CT molecular complexity index is 478. The Hall–Kier alpha value is -0.750. The third kappa shape index (κ3) is 3.47. The highest BCUT2D eigenvalue weighted by Gasteiger charge is 2.42. The molecule has 6 heteroatoms. The van der Waals surface area contributed by atoms with Gasteiger partial charge in [-0.15, -0.1) is 0 Å². The molecule has 0 radical (unpaired) electrons. The second-order valence-electron chi connectivity index (χ2n) is 5.25. The fraction of sp³-hybridized carbons (Fsp3) is 0.571. The van der Waals surface area contributed by atoms with Gasteiger partial charge in [0.1, 0.15) is 5.75 Å². The van der Waals surface area contributed by atoms with E-state index in [0.717, 1.165) is 4.47 Å². The number of aromatic hydroxyl groups is 1. The van der Waals surface area contributed by atoms with Gasteiger partial charge in [0.15, 0.2) is 0 Å². The highest BCUT2D eigenvalue weighted by Crippen LogP contribution is 2.38. The van der Waals surface area contributed by atoms with E-state index in [1.54, 1.807) is 23.1 Å². The molecular formula is C14H17BrF3NO. The number of hydrogen-bond donors (Lipinski definition) is 1.